The van der Waals surface area contributed by atoms with Crippen LogP contribution in [-0.2, 0) is 4.74 Å². The lowest BCUT2D eigenvalue weighted by Gasteiger charge is -2.31. The number of hydrogen-bond acceptors (Lipinski definition) is 4. The van der Waals surface area contributed by atoms with Crippen LogP contribution >= 0.6 is 0 Å². The molecule has 2 atom stereocenters. The van der Waals surface area contributed by atoms with E-state index < -0.39 is 0 Å². The lowest BCUT2D eigenvalue weighted by molar-refractivity contribution is 0.0840. The van der Waals surface area contributed by atoms with Gasteiger partial charge < -0.3 is 14.9 Å². The minimum absolute atomic E-state index is 0.0251. The third-order valence-electron chi connectivity index (χ3n) is 3.08. The summed E-state index contributed by atoms with van der Waals surface area (Å²) in [6.07, 6.45) is 0. The summed E-state index contributed by atoms with van der Waals surface area (Å²) in [6.45, 7) is 11.4. The highest BCUT2D eigenvalue weighted by Crippen LogP contribution is 2.25. The molecule has 0 radical (unpaired) electrons. The summed E-state index contributed by atoms with van der Waals surface area (Å²) in [5.74, 6) is 1.87. The van der Waals surface area contributed by atoms with Crippen molar-refractivity contribution >= 4 is 0 Å². The van der Waals surface area contributed by atoms with Gasteiger partial charge in [0.15, 0.2) is 0 Å². The SMILES string of the molecule is CCOCCN(CC)C(c1ccc(C)o1)C(C)N. The zero-order valence-corrected chi connectivity index (χ0v) is 12.0. The average molecular weight is 254 g/mol. The Morgan fingerprint density at radius 2 is 2.11 bits per heavy atom. The molecule has 2 N–H and O–H groups in total. The maximum Gasteiger partial charge on any atom is 0.122 e. The van der Waals surface area contributed by atoms with Crippen molar-refractivity contribution in [2.75, 3.05) is 26.3 Å². The lowest BCUT2D eigenvalue weighted by atomic mass is 10.1. The van der Waals surface area contributed by atoms with Crippen LogP contribution in [0.4, 0.5) is 0 Å². The highest BCUT2D eigenvalue weighted by molar-refractivity contribution is 5.11. The molecule has 0 aromatic carbocycles. The van der Waals surface area contributed by atoms with Gasteiger partial charge in [-0.2, -0.15) is 0 Å². The van der Waals surface area contributed by atoms with Gasteiger partial charge in [0.2, 0.25) is 0 Å². The maximum absolute atomic E-state index is 6.12. The van der Waals surface area contributed by atoms with Gasteiger partial charge in [-0.05, 0) is 39.4 Å². The molecule has 0 amide bonds. The number of rotatable bonds is 8. The van der Waals surface area contributed by atoms with Crippen LogP contribution in [0.3, 0.4) is 0 Å². The fourth-order valence-electron chi connectivity index (χ4n) is 2.20. The van der Waals surface area contributed by atoms with Crippen LogP contribution in [0.1, 0.15) is 38.3 Å². The zero-order valence-electron chi connectivity index (χ0n) is 12.0. The third-order valence-corrected chi connectivity index (χ3v) is 3.08. The normalized spacial score (nSPS) is 15.0. The highest BCUT2D eigenvalue weighted by atomic mass is 16.5. The first kappa shape index (κ1) is 15.2. The second kappa shape index (κ2) is 7.56. The monoisotopic (exact) mass is 254 g/mol. The molecule has 4 nitrogen and oxygen atoms in total. The summed E-state index contributed by atoms with van der Waals surface area (Å²) in [7, 11) is 0. The van der Waals surface area contributed by atoms with Gasteiger partial charge >= 0.3 is 0 Å². The van der Waals surface area contributed by atoms with Gasteiger partial charge in [0.1, 0.15) is 11.5 Å². The van der Waals surface area contributed by atoms with E-state index in [1.54, 1.807) is 0 Å². The summed E-state index contributed by atoms with van der Waals surface area (Å²) in [5, 5.41) is 0. The van der Waals surface area contributed by atoms with Gasteiger partial charge in [-0.1, -0.05) is 6.92 Å². The van der Waals surface area contributed by atoms with E-state index in [9.17, 15) is 0 Å². The second-order valence-corrected chi connectivity index (χ2v) is 4.58. The standard InChI is InChI=1S/C14H26N2O2/c1-5-16(9-10-17-6-2)14(12(4)15)13-8-7-11(3)18-13/h7-8,12,14H,5-6,9-10,15H2,1-4H3. The van der Waals surface area contributed by atoms with E-state index in [1.807, 2.05) is 32.9 Å². The van der Waals surface area contributed by atoms with Crippen molar-refractivity contribution in [1.82, 2.24) is 4.90 Å². The molecule has 2 unspecified atom stereocenters. The van der Waals surface area contributed by atoms with E-state index in [2.05, 4.69) is 11.8 Å². The molecule has 0 aliphatic heterocycles. The predicted molar refractivity (Wildman–Crippen MR) is 73.6 cm³/mol. The lowest BCUT2D eigenvalue weighted by Crippen LogP contribution is -2.41. The average Bonchev–Trinajstić information content (AvgIpc) is 2.74. The minimum atomic E-state index is 0.0251. The topological polar surface area (TPSA) is 51.6 Å². The van der Waals surface area contributed by atoms with Gasteiger partial charge in [0.05, 0.1) is 12.6 Å². The fraction of sp³-hybridized carbons (Fsp3) is 0.714. The van der Waals surface area contributed by atoms with Crippen LogP contribution in [-0.4, -0.2) is 37.2 Å². The summed E-state index contributed by atoms with van der Waals surface area (Å²) in [6, 6.07) is 4.15. The van der Waals surface area contributed by atoms with E-state index in [-0.39, 0.29) is 12.1 Å². The van der Waals surface area contributed by atoms with Crippen LogP contribution in [0.2, 0.25) is 0 Å². The summed E-state index contributed by atoms with van der Waals surface area (Å²) >= 11 is 0. The Bertz CT molecular complexity index is 336. The van der Waals surface area contributed by atoms with E-state index in [0.29, 0.717) is 0 Å². The Hall–Kier alpha value is -0.840. The minimum Gasteiger partial charge on any atom is -0.465 e. The molecule has 1 rings (SSSR count). The number of nitrogens with two attached hydrogens (primary N) is 1. The van der Waals surface area contributed by atoms with Crippen LogP contribution in [0, 0.1) is 6.92 Å². The Morgan fingerprint density at radius 1 is 1.39 bits per heavy atom. The molecule has 1 aromatic rings. The maximum atomic E-state index is 6.12. The van der Waals surface area contributed by atoms with Gasteiger partial charge in [0, 0.05) is 19.2 Å². The van der Waals surface area contributed by atoms with E-state index >= 15 is 0 Å². The number of ether oxygens (including phenoxy) is 1. The van der Waals surface area contributed by atoms with Gasteiger partial charge in [-0.15, -0.1) is 0 Å². The molecule has 104 valence electrons. The second-order valence-electron chi connectivity index (χ2n) is 4.58. The third kappa shape index (κ3) is 4.12. The smallest absolute Gasteiger partial charge is 0.122 e. The molecule has 0 fully saturated rings. The van der Waals surface area contributed by atoms with Crippen molar-refractivity contribution in [1.29, 1.82) is 0 Å². The van der Waals surface area contributed by atoms with Crippen LogP contribution in [0.5, 0.6) is 0 Å². The first-order valence-electron chi connectivity index (χ1n) is 6.73. The molecule has 0 saturated heterocycles. The van der Waals surface area contributed by atoms with Crippen LogP contribution < -0.4 is 5.73 Å². The van der Waals surface area contributed by atoms with Crippen LogP contribution in [0.15, 0.2) is 16.5 Å². The number of aryl methyl sites for hydroxylation is 1. The van der Waals surface area contributed by atoms with Gasteiger partial charge in [0.25, 0.3) is 0 Å². The zero-order chi connectivity index (χ0) is 13.5. The van der Waals surface area contributed by atoms with Crippen molar-refractivity contribution in [2.45, 2.75) is 39.8 Å². The molecular formula is C14H26N2O2. The Labute approximate surface area is 110 Å². The number of likely N-dealkylation sites (N-methyl/N-ethyl adjacent to an activating group) is 1. The molecule has 0 bridgehead atoms. The number of hydrogen-bond donors (Lipinski definition) is 1. The van der Waals surface area contributed by atoms with Gasteiger partial charge in [-0.25, -0.2) is 0 Å². The predicted octanol–water partition coefficient (Wildman–Crippen LogP) is 2.33. The van der Waals surface area contributed by atoms with Crippen LogP contribution in [0.25, 0.3) is 0 Å². The van der Waals surface area contributed by atoms with Crippen molar-refractivity contribution in [3.8, 4) is 0 Å². The molecule has 0 aliphatic rings. The summed E-state index contributed by atoms with van der Waals surface area (Å²) < 4.78 is 11.2. The van der Waals surface area contributed by atoms with Crippen molar-refractivity contribution in [3.63, 3.8) is 0 Å². The molecule has 1 heterocycles. The molecular weight excluding hydrogens is 228 g/mol. The molecule has 1 aromatic heterocycles. The van der Waals surface area contributed by atoms with Gasteiger partial charge in [-0.3, -0.25) is 4.90 Å². The molecule has 4 heteroatoms. The van der Waals surface area contributed by atoms with E-state index in [1.165, 1.54) is 0 Å². The van der Waals surface area contributed by atoms with E-state index in [0.717, 1.165) is 37.8 Å². The first-order valence-corrected chi connectivity index (χ1v) is 6.73. The fourth-order valence-corrected chi connectivity index (χ4v) is 2.20. The molecule has 0 saturated carbocycles. The summed E-state index contributed by atoms with van der Waals surface area (Å²) in [5.41, 5.74) is 6.12. The first-order chi connectivity index (χ1) is 8.60. The Morgan fingerprint density at radius 3 is 2.56 bits per heavy atom. The molecule has 0 aliphatic carbocycles. The van der Waals surface area contributed by atoms with Crippen molar-refractivity contribution in [2.24, 2.45) is 5.73 Å². The Kier molecular flexibility index (Phi) is 6.39. The molecule has 0 spiro atoms. The van der Waals surface area contributed by atoms with Crippen molar-refractivity contribution < 1.29 is 9.15 Å². The molecule has 18 heavy (non-hydrogen) atoms. The number of nitrogens with zero attached hydrogens (tertiary/aromatic N) is 1. The number of furan rings is 1. The largest absolute Gasteiger partial charge is 0.465 e. The highest BCUT2D eigenvalue weighted by Gasteiger charge is 2.25. The quantitative estimate of drug-likeness (QED) is 0.723. The Balaban J connectivity index is 2.75. The summed E-state index contributed by atoms with van der Waals surface area (Å²) in [4.78, 5) is 2.30. The van der Waals surface area contributed by atoms with E-state index in [4.69, 9.17) is 14.9 Å². The van der Waals surface area contributed by atoms with Crippen molar-refractivity contribution in [3.05, 3.63) is 23.7 Å².